The molecule has 5 nitrogen and oxygen atoms in total. The highest BCUT2D eigenvalue weighted by molar-refractivity contribution is 6.30. The molecule has 1 aromatic carbocycles. The number of benzene rings is 1. The van der Waals surface area contributed by atoms with Crippen molar-refractivity contribution >= 4 is 23.4 Å². The predicted octanol–water partition coefficient (Wildman–Crippen LogP) is 1.51. The molecule has 124 valence electrons. The number of piperazine rings is 1. The van der Waals surface area contributed by atoms with E-state index in [-0.39, 0.29) is 11.8 Å². The molecule has 2 aliphatic rings. The minimum absolute atomic E-state index is 0.000735. The van der Waals surface area contributed by atoms with E-state index in [1.807, 2.05) is 24.1 Å². The Balaban J connectivity index is 1.57. The first kappa shape index (κ1) is 16.3. The minimum atomic E-state index is -0.817. The SMILES string of the molecule is CN1CCN(C(=O)C2(C(=O)NCc3ccc(Cl)cc3)CC2)CC1. The van der Waals surface area contributed by atoms with E-state index in [9.17, 15) is 9.59 Å². The topological polar surface area (TPSA) is 52.7 Å². The molecule has 1 aliphatic heterocycles. The molecule has 1 N–H and O–H groups in total. The maximum absolute atomic E-state index is 12.7. The number of hydrogen-bond acceptors (Lipinski definition) is 3. The maximum atomic E-state index is 12.7. The molecule has 0 atom stereocenters. The van der Waals surface area contributed by atoms with Gasteiger partial charge in [0, 0.05) is 37.7 Å². The summed E-state index contributed by atoms with van der Waals surface area (Å²) in [5, 5.41) is 3.58. The monoisotopic (exact) mass is 335 g/mol. The van der Waals surface area contributed by atoms with Gasteiger partial charge in [-0.3, -0.25) is 9.59 Å². The molecule has 1 saturated carbocycles. The average Bonchev–Trinajstić information content (AvgIpc) is 3.36. The summed E-state index contributed by atoms with van der Waals surface area (Å²) in [6, 6.07) is 7.35. The standard InChI is InChI=1S/C17H22ClN3O2/c1-20-8-10-21(11-9-20)16(23)17(6-7-17)15(22)19-12-13-2-4-14(18)5-3-13/h2-5H,6-12H2,1H3,(H,19,22). The Hall–Kier alpha value is -1.59. The molecule has 23 heavy (non-hydrogen) atoms. The lowest BCUT2D eigenvalue weighted by atomic mass is 10.0. The van der Waals surface area contributed by atoms with Crippen LogP contribution in [0, 0.1) is 5.41 Å². The zero-order valence-electron chi connectivity index (χ0n) is 13.3. The Morgan fingerprint density at radius 2 is 1.74 bits per heavy atom. The summed E-state index contributed by atoms with van der Waals surface area (Å²) in [5.41, 5.74) is 0.160. The van der Waals surface area contributed by atoms with E-state index < -0.39 is 5.41 Å². The minimum Gasteiger partial charge on any atom is -0.351 e. The Morgan fingerprint density at radius 3 is 2.30 bits per heavy atom. The summed E-state index contributed by atoms with van der Waals surface area (Å²) in [6.45, 7) is 3.58. The molecule has 1 aliphatic carbocycles. The molecule has 0 unspecified atom stereocenters. The van der Waals surface area contributed by atoms with Crippen molar-refractivity contribution in [2.45, 2.75) is 19.4 Å². The number of halogens is 1. The van der Waals surface area contributed by atoms with Crippen LogP contribution in [0.25, 0.3) is 0 Å². The Morgan fingerprint density at radius 1 is 1.13 bits per heavy atom. The van der Waals surface area contributed by atoms with Crippen LogP contribution in [0.5, 0.6) is 0 Å². The lowest BCUT2D eigenvalue weighted by Gasteiger charge is -2.34. The number of nitrogens with zero attached hydrogens (tertiary/aromatic N) is 2. The molecule has 6 heteroatoms. The Labute approximate surface area is 141 Å². The van der Waals surface area contributed by atoms with Crippen molar-refractivity contribution in [3.05, 3.63) is 34.9 Å². The second kappa shape index (κ2) is 6.49. The van der Waals surface area contributed by atoms with Crippen LogP contribution >= 0.6 is 11.6 Å². The van der Waals surface area contributed by atoms with E-state index in [1.165, 1.54) is 0 Å². The van der Waals surface area contributed by atoms with E-state index in [1.54, 1.807) is 12.1 Å². The number of likely N-dealkylation sites (N-methyl/N-ethyl adjacent to an activating group) is 1. The van der Waals surface area contributed by atoms with Crippen molar-refractivity contribution in [3.63, 3.8) is 0 Å². The maximum Gasteiger partial charge on any atom is 0.238 e. The lowest BCUT2D eigenvalue weighted by molar-refractivity contribution is -0.145. The van der Waals surface area contributed by atoms with Crippen LogP contribution in [0.4, 0.5) is 0 Å². The van der Waals surface area contributed by atoms with Crippen LogP contribution in [0.15, 0.2) is 24.3 Å². The molecular formula is C17H22ClN3O2. The molecule has 1 heterocycles. The fraction of sp³-hybridized carbons (Fsp3) is 0.529. The van der Waals surface area contributed by atoms with Crippen molar-refractivity contribution in [3.8, 4) is 0 Å². The van der Waals surface area contributed by atoms with Gasteiger partial charge in [-0.25, -0.2) is 0 Å². The van der Waals surface area contributed by atoms with Crippen LogP contribution in [-0.4, -0.2) is 54.8 Å². The smallest absolute Gasteiger partial charge is 0.238 e. The summed E-state index contributed by atoms with van der Waals surface area (Å²) in [7, 11) is 2.05. The van der Waals surface area contributed by atoms with Crippen LogP contribution in [0.2, 0.25) is 5.02 Å². The molecule has 2 fully saturated rings. The molecule has 0 aromatic heterocycles. The Kier molecular flexibility index (Phi) is 4.60. The molecule has 3 rings (SSSR count). The summed E-state index contributed by atoms with van der Waals surface area (Å²) >= 11 is 5.85. The van der Waals surface area contributed by atoms with Crippen LogP contribution in [0.1, 0.15) is 18.4 Å². The highest BCUT2D eigenvalue weighted by atomic mass is 35.5. The van der Waals surface area contributed by atoms with Gasteiger partial charge in [0.2, 0.25) is 11.8 Å². The second-order valence-electron chi connectivity index (χ2n) is 6.49. The zero-order chi connectivity index (χ0) is 16.4. The first-order valence-corrected chi connectivity index (χ1v) is 8.40. The largest absolute Gasteiger partial charge is 0.351 e. The van der Waals surface area contributed by atoms with E-state index in [0.717, 1.165) is 18.7 Å². The van der Waals surface area contributed by atoms with Crippen molar-refractivity contribution in [1.82, 2.24) is 15.1 Å². The third-order valence-corrected chi connectivity index (χ3v) is 5.00. The summed E-state index contributed by atoms with van der Waals surface area (Å²) < 4.78 is 0. The van der Waals surface area contributed by atoms with E-state index in [4.69, 9.17) is 11.6 Å². The molecule has 2 amide bonds. The van der Waals surface area contributed by atoms with E-state index in [0.29, 0.717) is 37.5 Å². The van der Waals surface area contributed by atoms with Crippen molar-refractivity contribution in [2.75, 3.05) is 33.2 Å². The number of carbonyl (C=O) groups is 2. The number of hydrogen-bond donors (Lipinski definition) is 1. The summed E-state index contributed by atoms with van der Waals surface area (Å²) in [6.07, 6.45) is 1.31. The van der Waals surface area contributed by atoms with E-state index >= 15 is 0 Å². The molecule has 1 saturated heterocycles. The van der Waals surface area contributed by atoms with Gasteiger partial charge in [-0.1, -0.05) is 23.7 Å². The van der Waals surface area contributed by atoms with Crippen molar-refractivity contribution < 1.29 is 9.59 Å². The van der Waals surface area contributed by atoms with Gasteiger partial charge >= 0.3 is 0 Å². The van der Waals surface area contributed by atoms with Crippen LogP contribution in [-0.2, 0) is 16.1 Å². The third-order valence-electron chi connectivity index (χ3n) is 4.75. The fourth-order valence-electron chi connectivity index (χ4n) is 2.93. The number of rotatable bonds is 4. The zero-order valence-corrected chi connectivity index (χ0v) is 14.1. The van der Waals surface area contributed by atoms with E-state index in [2.05, 4.69) is 10.2 Å². The van der Waals surface area contributed by atoms with Gasteiger partial charge < -0.3 is 15.1 Å². The second-order valence-corrected chi connectivity index (χ2v) is 6.92. The average molecular weight is 336 g/mol. The molecule has 1 aromatic rings. The van der Waals surface area contributed by atoms with Gasteiger partial charge in [0.1, 0.15) is 5.41 Å². The summed E-state index contributed by atoms with van der Waals surface area (Å²) in [5.74, 6) is -0.143. The fourth-order valence-corrected chi connectivity index (χ4v) is 3.06. The highest BCUT2D eigenvalue weighted by Crippen LogP contribution is 2.47. The first-order valence-electron chi connectivity index (χ1n) is 8.02. The van der Waals surface area contributed by atoms with Gasteiger partial charge in [0.05, 0.1) is 0 Å². The van der Waals surface area contributed by atoms with Gasteiger partial charge in [0.25, 0.3) is 0 Å². The number of nitrogens with one attached hydrogen (secondary N) is 1. The number of amides is 2. The highest BCUT2D eigenvalue weighted by Gasteiger charge is 2.57. The van der Waals surface area contributed by atoms with Crippen molar-refractivity contribution in [1.29, 1.82) is 0 Å². The van der Waals surface area contributed by atoms with Crippen LogP contribution < -0.4 is 5.32 Å². The number of carbonyl (C=O) groups excluding carboxylic acids is 2. The van der Waals surface area contributed by atoms with Crippen LogP contribution in [0.3, 0.4) is 0 Å². The predicted molar refractivity (Wildman–Crippen MR) is 89.0 cm³/mol. The molecule has 0 spiro atoms. The van der Waals surface area contributed by atoms with Gasteiger partial charge in [-0.2, -0.15) is 0 Å². The quantitative estimate of drug-likeness (QED) is 0.849. The molecular weight excluding hydrogens is 314 g/mol. The summed E-state index contributed by atoms with van der Waals surface area (Å²) in [4.78, 5) is 29.3. The normalized spacial score (nSPS) is 20.2. The van der Waals surface area contributed by atoms with Crippen molar-refractivity contribution in [2.24, 2.45) is 5.41 Å². The molecule has 0 radical (unpaired) electrons. The van der Waals surface area contributed by atoms with Gasteiger partial charge in [-0.15, -0.1) is 0 Å². The third kappa shape index (κ3) is 3.51. The van der Waals surface area contributed by atoms with Gasteiger partial charge in [-0.05, 0) is 37.6 Å². The first-order chi connectivity index (χ1) is 11.0. The Bertz CT molecular complexity index is 590. The lowest BCUT2D eigenvalue weighted by Crippen LogP contribution is -2.52. The van der Waals surface area contributed by atoms with Gasteiger partial charge in [0.15, 0.2) is 0 Å². The molecule has 0 bridgehead atoms.